The van der Waals surface area contributed by atoms with E-state index in [0.29, 0.717) is 31.9 Å². The molecule has 0 spiro atoms. The van der Waals surface area contributed by atoms with E-state index in [4.69, 9.17) is 11.6 Å². The molecule has 1 aromatic heterocycles. The molecule has 3 atom stereocenters. The fraction of sp³-hybridized carbons (Fsp3) is 0.143. The van der Waals surface area contributed by atoms with Gasteiger partial charge in [0.05, 0.1) is 16.6 Å². The van der Waals surface area contributed by atoms with E-state index in [-0.39, 0.29) is 12.3 Å². The number of thioether (sulfide) groups is 1. The van der Waals surface area contributed by atoms with E-state index in [0.717, 1.165) is 28.0 Å². The number of hydrogen-bond acceptors (Lipinski definition) is 7. The zero-order valence-corrected chi connectivity index (χ0v) is 22.8. The number of carbonyl (C=O) groups is 3. The van der Waals surface area contributed by atoms with Gasteiger partial charge < -0.3 is 10.4 Å². The second-order valence-electron chi connectivity index (χ2n) is 9.30. The molecule has 1 fully saturated rings. The number of nitrogens with one attached hydrogen (secondary N) is 1. The number of aromatic hydroxyl groups is 1. The number of benzene rings is 3. The van der Waals surface area contributed by atoms with Crippen LogP contribution in [0.2, 0.25) is 5.02 Å². The predicted molar refractivity (Wildman–Crippen MR) is 151 cm³/mol. The van der Waals surface area contributed by atoms with Crippen molar-refractivity contribution in [2.75, 3.05) is 10.2 Å². The molecule has 0 aliphatic carbocycles. The number of carbonyl (C=O) groups excluding carboxylic acids is 3. The zero-order chi connectivity index (χ0) is 28.1. The first-order valence-electron chi connectivity index (χ1n) is 12.1. The number of rotatable bonds is 5. The molecule has 3 amide bonds. The number of thiazole rings is 1. The van der Waals surface area contributed by atoms with E-state index in [1.165, 1.54) is 41.0 Å². The summed E-state index contributed by atoms with van der Waals surface area (Å²) in [7, 11) is 0. The first-order chi connectivity index (χ1) is 19.2. The summed E-state index contributed by atoms with van der Waals surface area (Å²) in [6, 6.07) is 17.9. The highest BCUT2D eigenvalue weighted by Gasteiger charge is 2.56. The maximum Gasteiger partial charge on any atom is 0.308 e. The minimum Gasteiger partial charge on any atom is -0.508 e. The Morgan fingerprint density at radius 1 is 0.950 bits per heavy atom. The van der Waals surface area contributed by atoms with Crippen LogP contribution in [0, 0.1) is 11.7 Å². The fourth-order valence-corrected chi connectivity index (χ4v) is 7.92. The van der Waals surface area contributed by atoms with Crippen molar-refractivity contribution in [3.05, 3.63) is 104 Å². The summed E-state index contributed by atoms with van der Waals surface area (Å²) in [6.07, 6.45) is 0. The van der Waals surface area contributed by atoms with E-state index in [1.54, 1.807) is 36.4 Å². The summed E-state index contributed by atoms with van der Waals surface area (Å²) in [5, 5.41) is 12.6. The molecule has 0 bridgehead atoms. The highest BCUT2D eigenvalue weighted by atomic mass is 35.5. The van der Waals surface area contributed by atoms with Crippen LogP contribution in [0.15, 0.2) is 82.6 Å². The molecule has 3 aromatic carbocycles. The van der Waals surface area contributed by atoms with Gasteiger partial charge in [-0.1, -0.05) is 46.8 Å². The number of phenolic OH excluding ortho intramolecular Hbond substituents is 1. The van der Waals surface area contributed by atoms with Crippen molar-refractivity contribution in [1.29, 1.82) is 0 Å². The molecule has 6 rings (SSSR count). The van der Waals surface area contributed by atoms with E-state index in [1.807, 2.05) is 0 Å². The molecule has 0 radical (unpaired) electrons. The maximum absolute atomic E-state index is 13.8. The van der Waals surface area contributed by atoms with Gasteiger partial charge in [0, 0.05) is 21.5 Å². The minimum atomic E-state index is -0.852. The van der Waals surface area contributed by atoms with Gasteiger partial charge in [-0.15, -0.1) is 0 Å². The third-order valence-electron chi connectivity index (χ3n) is 6.82. The van der Waals surface area contributed by atoms with Crippen LogP contribution in [-0.4, -0.2) is 32.6 Å². The highest BCUT2D eigenvalue weighted by molar-refractivity contribution is 8.00. The highest BCUT2D eigenvalue weighted by Crippen LogP contribution is 2.54. The Labute approximate surface area is 240 Å². The summed E-state index contributed by atoms with van der Waals surface area (Å²) in [5.74, 6) is -3.23. The van der Waals surface area contributed by atoms with Crippen LogP contribution >= 0.6 is 34.7 Å². The molecule has 3 heterocycles. The van der Waals surface area contributed by atoms with Gasteiger partial charge in [-0.3, -0.25) is 23.7 Å². The van der Waals surface area contributed by atoms with Crippen LogP contribution < -0.4 is 15.1 Å². The molecule has 12 heteroatoms. The largest absolute Gasteiger partial charge is 0.508 e. The Bertz CT molecular complexity index is 1700. The van der Waals surface area contributed by atoms with Gasteiger partial charge in [0.15, 0.2) is 0 Å². The number of hydrogen-bond donors (Lipinski definition) is 2. The molecular formula is C28H19ClFN3O5S2. The molecule has 4 aromatic rings. The molecule has 8 nitrogen and oxygen atoms in total. The Morgan fingerprint density at radius 3 is 2.30 bits per heavy atom. The first-order valence-corrected chi connectivity index (χ1v) is 14.2. The summed E-state index contributed by atoms with van der Waals surface area (Å²) in [4.78, 5) is 54.9. The lowest BCUT2D eigenvalue weighted by molar-refractivity contribution is -0.122. The van der Waals surface area contributed by atoms with Crippen molar-refractivity contribution >= 4 is 63.8 Å². The molecule has 2 N–H and O–H groups in total. The number of halogens is 2. The molecule has 0 saturated carbocycles. The molecule has 1 saturated heterocycles. The summed E-state index contributed by atoms with van der Waals surface area (Å²) in [5.41, 5.74) is 1.41. The molecular weight excluding hydrogens is 577 g/mol. The SMILES string of the molecule is O=C(Cn1c2c(sc1=O)C(c1ccc(O)cc1)C1C(=O)N(c3ccc(Cl)cc3)C(=O)C1S2)Nc1ccc(F)cc1. The predicted octanol–water partition coefficient (Wildman–Crippen LogP) is 4.84. The number of amides is 3. The molecule has 2 aliphatic heterocycles. The van der Waals surface area contributed by atoms with Crippen molar-refractivity contribution < 1.29 is 23.9 Å². The van der Waals surface area contributed by atoms with Crippen LogP contribution in [-0.2, 0) is 20.9 Å². The summed E-state index contributed by atoms with van der Waals surface area (Å²) < 4.78 is 14.6. The second-order valence-corrected chi connectivity index (χ2v) is 11.9. The second kappa shape index (κ2) is 10.2. The Morgan fingerprint density at radius 2 is 1.62 bits per heavy atom. The molecule has 40 heavy (non-hydrogen) atoms. The van der Waals surface area contributed by atoms with Gasteiger partial charge in [0.2, 0.25) is 17.7 Å². The van der Waals surface area contributed by atoms with Crippen molar-refractivity contribution in [2.45, 2.75) is 22.7 Å². The number of fused-ring (bicyclic) bond motifs is 2. The zero-order valence-electron chi connectivity index (χ0n) is 20.4. The lowest BCUT2D eigenvalue weighted by Gasteiger charge is -2.30. The number of aromatic nitrogens is 1. The summed E-state index contributed by atoms with van der Waals surface area (Å²) >= 11 is 8.03. The lowest BCUT2D eigenvalue weighted by Crippen LogP contribution is -2.33. The van der Waals surface area contributed by atoms with Crippen molar-refractivity contribution in [3.63, 3.8) is 0 Å². The Kier molecular flexibility index (Phi) is 6.73. The van der Waals surface area contributed by atoms with E-state index in [9.17, 15) is 28.7 Å². The number of phenols is 1. The fourth-order valence-electron chi connectivity index (χ4n) is 5.02. The standard InChI is InChI=1S/C28H19ClFN3O5S2/c29-15-3-9-18(10-4-15)33-25(36)22-21(14-1-11-19(34)12-2-14)24-27(39-23(22)26(33)37)32(28(38)40-24)13-20(35)31-17-7-5-16(30)6-8-17/h1-12,21-23,34H,13H2,(H,31,35). The average molecular weight is 596 g/mol. The van der Waals surface area contributed by atoms with Crippen LogP contribution in [0.3, 0.4) is 0 Å². The van der Waals surface area contributed by atoms with Crippen molar-refractivity contribution in [1.82, 2.24) is 4.57 Å². The van der Waals surface area contributed by atoms with E-state index < -0.39 is 45.5 Å². The summed E-state index contributed by atoms with van der Waals surface area (Å²) in [6.45, 7) is -0.336. The van der Waals surface area contributed by atoms with Gasteiger partial charge in [-0.05, 0) is 66.2 Å². The quantitative estimate of drug-likeness (QED) is 0.320. The van der Waals surface area contributed by atoms with Crippen LogP contribution in [0.4, 0.5) is 15.8 Å². The molecule has 2 aliphatic rings. The van der Waals surface area contributed by atoms with Gasteiger partial charge in [-0.25, -0.2) is 9.29 Å². The van der Waals surface area contributed by atoms with Crippen LogP contribution in [0.5, 0.6) is 5.75 Å². The van der Waals surface area contributed by atoms with Gasteiger partial charge >= 0.3 is 4.87 Å². The first kappa shape index (κ1) is 26.3. The number of imide groups is 1. The van der Waals surface area contributed by atoms with Crippen LogP contribution in [0.1, 0.15) is 16.4 Å². The average Bonchev–Trinajstić information content (AvgIpc) is 3.37. The Balaban J connectivity index is 1.40. The number of nitrogens with zero attached hydrogens (tertiary/aromatic N) is 2. The van der Waals surface area contributed by atoms with E-state index in [2.05, 4.69) is 5.32 Å². The minimum absolute atomic E-state index is 0.0329. The van der Waals surface area contributed by atoms with Gasteiger partial charge in [0.25, 0.3) is 0 Å². The smallest absolute Gasteiger partial charge is 0.308 e. The Hall–Kier alpha value is -3.93. The topological polar surface area (TPSA) is 109 Å². The van der Waals surface area contributed by atoms with Gasteiger partial charge in [0.1, 0.15) is 23.4 Å². The van der Waals surface area contributed by atoms with Gasteiger partial charge in [-0.2, -0.15) is 0 Å². The van der Waals surface area contributed by atoms with Crippen LogP contribution in [0.25, 0.3) is 0 Å². The molecule has 202 valence electrons. The monoisotopic (exact) mass is 595 g/mol. The third-order valence-corrected chi connectivity index (χ3v) is 9.67. The van der Waals surface area contributed by atoms with E-state index >= 15 is 0 Å². The third kappa shape index (κ3) is 4.59. The lowest BCUT2D eigenvalue weighted by atomic mass is 9.83. The van der Waals surface area contributed by atoms with Crippen molar-refractivity contribution in [3.8, 4) is 5.75 Å². The molecule has 3 unspecified atom stereocenters. The van der Waals surface area contributed by atoms with Crippen molar-refractivity contribution in [2.24, 2.45) is 5.92 Å². The normalized spacial score (nSPS) is 19.9. The maximum atomic E-state index is 13.8. The number of anilines is 2.